The van der Waals surface area contributed by atoms with E-state index in [0.717, 1.165) is 43.9 Å². The summed E-state index contributed by atoms with van der Waals surface area (Å²) in [5, 5.41) is 2.74. The Labute approximate surface area is 163 Å². The van der Waals surface area contributed by atoms with Crippen LogP contribution in [0.25, 0.3) is 0 Å². The maximum absolute atomic E-state index is 13.2. The molecule has 0 spiro atoms. The molecule has 0 radical (unpaired) electrons. The number of benzene rings is 2. The molecule has 1 amide bonds. The van der Waals surface area contributed by atoms with E-state index in [0.29, 0.717) is 11.3 Å². The summed E-state index contributed by atoms with van der Waals surface area (Å²) in [6.45, 7) is 0. The van der Waals surface area contributed by atoms with Crippen molar-refractivity contribution in [1.29, 1.82) is 0 Å². The molecule has 0 saturated heterocycles. The van der Waals surface area contributed by atoms with Gasteiger partial charge in [-0.3, -0.25) is 9.52 Å². The molecule has 0 heterocycles. The second kappa shape index (κ2) is 8.27. The van der Waals surface area contributed by atoms with Gasteiger partial charge in [-0.2, -0.15) is 0 Å². The van der Waals surface area contributed by atoms with Crippen molar-refractivity contribution < 1.29 is 17.6 Å². The highest BCUT2D eigenvalue weighted by Gasteiger charge is 2.18. The highest BCUT2D eigenvalue weighted by atomic mass is 35.5. The summed E-state index contributed by atoms with van der Waals surface area (Å²) in [7, 11) is -3.91. The van der Waals surface area contributed by atoms with Gasteiger partial charge >= 0.3 is 0 Å². The van der Waals surface area contributed by atoms with Gasteiger partial charge in [-0.1, -0.05) is 30.9 Å². The van der Waals surface area contributed by atoms with E-state index in [1.165, 1.54) is 18.6 Å². The van der Waals surface area contributed by atoms with Gasteiger partial charge in [-0.25, -0.2) is 12.8 Å². The number of sulfonamides is 1. The minimum absolute atomic E-state index is 0.145. The summed E-state index contributed by atoms with van der Waals surface area (Å²) >= 11 is 5.65. The van der Waals surface area contributed by atoms with Gasteiger partial charge in [0.25, 0.3) is 15.9 Å². The lowest BCUT2D eigenvalue weighted by Crippen LogP contribution is -2.36. The lowest BCUT2D eigenvalue weighted by atomic mass is 9.95. The van der Waals surface area contributed by atoms with Crippen LogP contribution in [0.4, 0.5) is 10.1 Å². The normalized spacial score (nSPS) is 15.3. The number of carbonyl (C=O) groups is 1. The maximum atomic E-state index is 13.2. The largest absolute Gasteiger partial charge is 0.349 e. The molecule has 2 aromatic carbocycles. The third-order valence-electron chi connectivity index (χ3n) is 4.54. The van der Waals surface area contributed by atoms with Crippen molar-refractivity contribution in [3.8, 4) is 0 Å². The second-order valence-corrected chi connectivity index (χ2v) is 8.66. The Hall–Kier alpha value is -2.12. The molecule has 1 fully saturated rings. The first-order chi connectivity index (χ1) is 12.8. The van der Waals surface area contributed by atoms with E-state index in [1.807, 2.05) is 0 Å². The van der Waals surface area contributed by atoms with Gasteiger partial charge in [-0.15, -0.1) is 0 Å². The Morgan fingerprint density at radius 3 is 2.33 bits per heavy atom. The number of halogens is 2. The monoisotopic (exact) mass is 410 g/mol. The molecule has 0 bridgehead atoms. The van der Waals surface area contributed by atoms with Crippen LogP contribution in [-0.2, 0) is 10.0 Å². The minimum atomic E-state index is -3.91. The maximum Gasteiger partial charge on any atom is 0.261 e. The van der Waals surface area contributed by atoms with Gasteiger partial charge < -0.3 is 5.32 Å². The van der Waals surface area contributed by atoms with Gasteiger partial charge in [0.15, 0.2) is 0 Å². The quantitative estimate of drug-likeness (QED) is 0.769. The first-order valence-electron chi connectivity index (χ1n) is 8.74. The van der Waals surface area contributed by atoms with Crippen LogP contribution in [0.1, 0.15) is 42.5 Å². The van der Waals surface area contributed by atoms with Crippen molar-refractivity contribution in [2.75, 3.05) is 4.72 Å². The Bertz CT molecular complexity index is 926. The lowest BCUT2D eigenvalue weighted by Gasteiger charge is -2.22. The lowest BCUT2D eigenvalue weighted by molar-refractivity contribution is 0.0927. The van der Waals surface area contributed by atoms with Crippen LogP contribution >= 0.6 is 11.6 Å². The van der Waals surface area contributed by atoms with Gasteiger partial charge in [0.05, 0.1) is 9.92 Å². The molecular formula is C19H20ClFN2O3S. The summed E-state index contributed by atoms with van der Waals surface area (Å²) in [6.07, 6.45) is 5.44. The molecule has 1 aliphatic carbocycles. The van der Waals surface area contributed by atoms with Crippen molar-refractivity contribution >= 4 is 33.2 Å². The smallest absolute Gasteiger partial charge is 0.261 e. The second-order valence-electron chi connectivity index (χ2n) is 6.57. The summed E-state index contributed by atoms with van der Waals surface area (Å²) < 4.78 is 40.4. The van der Waals surface area contributed by atoms with E-state index in [9.17, 15) is 17.6 Å². The molecule has 1 aliphatic rings. The molecular weight excluding hydrogens is 391 g/mol. The summed E-state index contributed by atoms with van der Waals surface area (Å²) in [6, 6.07) is 9.53. The topological polar surface area (TPSA) is 75.3 Å². The van der Waals surface area contributed by atoms with Crippen LogP contribution in [0.3, 0.4) is 0 Å². The highest BCUT2D eigenvalue weighted by molar-refractivity contribution is 7.92. The van der Waals surface area contributed by atoms with E-state index in [1.54, 1.807) is 12.1 Å². The first-order valence-corrected chi connectivity index (χ1v) is 10.6. The summed E-state index contributed by atoms with van der Waals surface area (Å²) in [5.74, 6) is -0.856. The van der Waals surface area contributed by atoms with Crippen molar-refractivity contribution in [3.63, 3.8) is 0 Å². The Morgan fingerprint density at radius 1 is 1.04 bits per heavy atom. The van der Waals surface area contributed by atoms with E-state index in [-0.39, 0.29) is 21.9 Å². The zero-order valence-corrected chi connectivity index (χ0v) is 16.1. The van der Waals surface area contributed by atoms with Gasteiger partial charge in [0.2, 0.25) is 0 Å². The molecule has 8 heteroatoms. The zero-order valence-electron chi connectivity index (χ0n) is 14.5. The highest BCUT2D eigenvalue weighted by Crippen LogP contribution is 2.22. The summed E-state index contributed by atoms with van der Waals surface area (Å²) in [4.78, 5) is 12.2. The molecule has 5 nitrogen and oxygen atoms in total. The van der Waals surface area contributed by atoms with Crippen molar-refractivity contribution in [2.45, 2.75) is 43.0 Å². The van der Waals surface area contributed by atoms with Crippen LogP contribution in [-0.4, -0.2) is 20.4 Å². The van der Waals surface area contributed by atoms with Gasteiger partial charge in [-0.05, 0) is 55.3 Å². The molecule has 0 atom stereocenters. The van der Waals surface area contributed by atoms with Crippen LogP contribution in [0, 0.1) is 5.82 Å². The van der Waals surface area contributed by atoms with Gasteiger partial charge in [0, 0.05) is 17.3 Å². The molecule has 3 rings (SSSR count). The SMILES string of the molecule is O=C(NC1CCCCC1)c1ccc(NS(=O)(=O)c2ccc(F)c(Cl)c2)cc1. The number of nitrogens with one attached hydrogen (secondary N) is 2. The summed E-state index contributed by atoms with van der Waals surface area (Å²) in [5.41, 5.74) is 0.762. The number of rotatable bonds is 5. The van der Waals surface area contributed by atoms with E-state index in [4.69, 9.17) is 11.6 Å². The first kappa shape index (κ1) is 19.6. The molecule has 1 saturated carbocycles. The predicted molar refractivity (Wildman–Crippen MR) is 103 cm³/mol. The third kappa shape index (κ3) is 4.99. The minimum Gasteiger partial charge on any atom is -0.349 e. The average molecular weight is 411 g/mol. The number of anilines is 1. The number of hydrogen-bond acceptors (Lipinski definition) is 3. The molecule has 0 aliphatic heterocycles. The Morgan fingerprint density at radius 2 is 1.70 bits per heavy atom. The zero-order chi connectivity index (χ0) is 19.4. The van der Waals surface area contributed by atoms with Crippen LogP contribution < -0.4 is 10.0 Å². The van der Waals surface area contributed by atoms with Crippen LogP contribution in [0.2, 0.25) is 5.02 Å². The fourth-order valence-electron chi connectivity index (χ4n) is 3.06. The molecule has 27 heavy (non-hydrogen) atoms. The number of carbonyl (C=O) groups excluding carboxylic acids is 1. The average Bonchev–Trinajstić information content (AvgIpc) is 2.65. The van der Waals surface area contributed by atoms with Crippen molar-refractivity contribution in [2.24, 2.45) is 0 Å². The van der Waals surface area contributed by atoms with E-state index < -0.39 is 15.8 Å². The number of amides is 1. The fraction of sp³-hybridized carbons (Fsp3) is 0.316. The third-order valence-corrected chi connectivity index (χ3v) is 6.21. The van der Waals surface area contributed by atoms with Crippen molar-refractivity contribution in [3.05, 3.63) is 58.9 Å². The molecule has 2 aromatic rings. The molecule has 144 valence electrons. The predicted octanol–water partition coefficient (Wildman–Crippen LogP) is 4.34. The van der Waals surface area contributed by atoms with Crippen LogP contribution in [0.5, 0.6) is 0 Å². The number of hydrogen-bond donors (Lipinski definition) is 2. The Kier molecular flexibility index (Phi) is 6.01. The van der Waals surface area contributed by atoms with E-state index in [2.05, 4.69) is 10.0 Å². The standard InChI is InChI=1S/C19H20ClFN2O3S/c20-17-12-16(10-11-18(17)21)27(25,26)23-15-8-6-13(7-9-15)19(24)22-14-4-2-1-3-5-14/h6-12,14,23H,1-5H2,(H,22,24). The van der Waals surface area contributed by atoms with Crippen LogP contribution in [0.15, 0.2) is 47.4 Å². The van der Waals surface area contributed by atoms with E-state index >= 15 is 0 Å². The fourth-order valence-corrected chi connectivity index (χ4v) is 4.39. The van der Waals surface area contributed by atoms with Gasteiger partial charge in [0.1, 0.15) is 5.82 Å². The Balaban J connectivity index is 1.67. The molecule has 0 aromatic heterocycles. The molecule has 0 unspecified atom stereocenters. The van der Waals surface area contributed by atoms with Crippen molar-refractivity contribution in [1.82, 2.24) is 5.32 Å². The molecule has 2 N–H and O–H groups in total.